The van der Waals surface area contributed by atoms with Crippen molar-refractivity contribution >= 4 is 22.2 Å². The van der Waals surface area contributed by atoms with Crippen LogP contribution in [0.15, 0.2) is 58.9 Å². The third-order valence-electron chi connectivity index (χ3n) is 3.14. The molecule has 4 rings (SSSR count). The second-order valence-electron chi connectivity index (χ2n) is 4.30. The molecule has 0 radical (unpaired) electrons. The van der Waals surface area contributed by atoms with Gasteiger partial charge in [-0.05, 0) is 12.1 Å². The summed E-state index contributed by atoms with van der Waals surface area (Å²) in [6, 6.07) is 10.2. The lowest BCUT2D eigenvalue weighted by Crippen LogP contribution is -1.76. The van der Waals surface area contributed by atoms with Crippen LogP contribution in [0.5, 0.6) is 0 Å². The van der Waals surface area contributed by atoms with Gasteiger partial charge in [0.05, 0.1) is 12.0 Å². The van der Waals surface area contributed by atoms with Gasteiger partial charge < -0.3 is 9.40 Å². The first kappa shape index (κ1) is 10.6. The molecule has 0 aliphatic rings. The fraction of sp³-hybridized carbons (Fsp3) is 0. The molecule has 19 heavy (non-hydrogen) atoms. The van der Waals surface area contributed by atoms with Crippen LogP contribution in [0.4, 0.5) is 0 Å². The molecule has 0 aliphatic carbocycles. The van der Waals surface area contributed by atoms with Gasteiger partial charge in [-0.15, -0.1) is 11.3 Å². The van der Waals surface area contributed by atoms with E-state index in [2.05, 4.69) is 27.5 Å². The number of hydrogen-bond acceptors (Lipinski definition) is 3. The zero-order valence-corrected chi connectivity index (χ0v) is 10.8. The maximum absolute atomic E-state index is 5.10. The van der Waals surface area contributed by atoms with Crippen molar-refractivity contribution in [3.05, 3.63) is 54.4 Å². The van der Waals surface area contributed by atoms with Gasteiger partial charge in [0.1, 0.15) is 11.3 Å². The molecule has 0 amide bonds. The van der Waals surface area contributed by atoms with Gasteiger partial charge in [0, 0.05) is 33.6 Å². The summed E-state index contributed by atoms with van der Waals surface area (Å²) in [5.41, 5.74) is 4.30. The normalized spacial score (nSPS) is 11.2. The van der Waals surface area contributed by atoms with Crippen LogP contribution < -0.4 is 0 Å². The molecule has 0 saturated carbocycles. The SMILES string of the molecule is c1ccc2c(-c3csc(-c4ccoc4)n3)c[nH]c2c1. The Hall–Kier alpha value is -2.33. The number of fused-ring (bicyclic) bond motifs is 1. The first-order valence-corrected chi connectivity index (χ1v) is 6.84. The van der Waals surface area contributed by atoms with Crippen molar-refractivity contribution in [2.45, 2.75) is 0 Å². The van der Waals surface area contributed by atoms with Crippen LogP contribution in [0.25, 0.3) is 32.7 Å². The molecule has 1 aromatic carbocycles. The predicted octanol–water partition coefficient (Wildman–Crippen LogP) is 4.55. The van der Waals surface area contributed by atoms with Gasteiger partial charge in [0.25, 0.3) is 0 Å². The van der Waals surface area contributed by atoms with Crippen molar-refractivity contribution in [2.24, 2.45) is 0 Å². The van der Waals surface area contributed by atoms with Gasteiger partial charge >= 0.3 is 0 Å². The van der Waals surface area contributed by atoms with Crippen LogP contribution in [0.3, 0.4) is 0 Å². The smallest absolute Gasteiger partial charge is 0.127 e. The van der Waals surface area contributed by atoms with E-state index >= 15 is 0 Å². The second-order valence-corrected chi connectivity index (χ2v) is 5.16. The molecule has 1 N–H and O–H groups in total. The van der Waals surface area contributed by atoms with Crippen LogP contribution in [0.2, 0.25) is 0 Å². The molecule has 3 nitrogen and oxygen atoms in total. The molecule has 4 aromatic rings. The van der Waals surface area contributed by atoms with Crippen molar-refractivity contribution in [2.75, 3.05) is 0 Å². The van der Waals surface area contributed by atoms with E-state index in [0.717, 1.165) is 27.3 Å². The maximum atomic E-state index is 5.10. The number of para-hydroxylation sites is 1. The lowest BCUT2D eigenvalue weighted by atomic mass is 10.1. The van der Waals surface area contributed by atoms with Crippen LogP contribution in [0.1, 0.15) is 0 Å². The summed E-state index contributed by atoms with van der Waals surface area (Å²) in [7, 11) is 0. The van der Waals surface area contributed by atoms with Crippen molar-refractivity contribution in [3.8, 4) is 21.8 Å². The van der Waals surface area contributed by atoms with Crippen LogP contribution in [-0.4, -0.2) is 9.97 Å². The molecule has 0 aliphatic heterocycles. The summed E-state index contributed by atoms with van der Waals surface area (Å²) in [4.78, 5) is 7.96. The highest BCUT2D eigenvalue weighted by atomic mass is 32.1. The molecule has 92 valence electrons. The topological polar surface area (TPSA) is 41.8 Å². The first-order valence-electron chi connectivity index (χ1n) is 5.96. The predicted molar refractivity (Wildman–Crippen MR) is 77.1 cm³/mol. The third kappa shape index (κ3) is 1.69. The fourth-order valence-electron chi connectivity index (χ4n) is 2.20. The minimum Gasteiger partial charge on any atom is -0.472 e. The Kier molecular flexibility index (Phi) is 2.28. The molecule has 0 fully saturated rings. The number of hydrogen-bond donors (Lipinski definition) is 1. The monoisotopic (exact) mass is 266 g/mol. The third-order valence-corrected chi connectivity index (χ3v) is 4.03. The summed E-state index contributed by atoms with van der Waals surface area (Å²) in [5.74, 6) is 0. The molecule has 4 heteroatoms. The number of H-pyrrole nitrogens is 1. The van der Waals surface area contributed by atoms with E-state index in [0.29, 0.717) is 0 Å². The molecule has 0 spiro atoms. The Morgan fingerprint density at radius 1 is 1.16 bits per heavy atom. The molecule has 3 aromatic heterocycles. The van der Waals surface area contributed by atoms with E-state index in [1.54, 1.807) is 23.9 Å². The number of aromatic amines is 1. The minimum absolute atomic E-state index is 0.981. The van der Waals surface area contributed by atoms with E-state index < -0.39 is 0 Å². The first-order chi connectivity index (χ1) is 9.42. The van der Waals surface area contributed by atoms with Crippen molar-refractivity contribution in [3.63, 3.8) is 0 Å². The van der Waals surface area contributed by atoms with Crippen LogP contribution in [-0.2, 0) is 0 Å². The van der Waals surface area contributed by atoms with Crippen molar-refractivity contribution < 1.29 is 4.42 Å². The van der Waals surface area contributed by atoms with Gasteiger partial charge in [0.15, 0.2) is 0 Å². The number of nitrogens with zero attached hydrogens (tertiary/aromatic N) is 1. The Morgan fingerprint density at radius 3 is 3.00 bits per heavy atom. The van der Waals surface area contributed by atoms with E-state index in [1.807, 2.05) is 24.4 Å². The lowest BCUT2D eigenvalue weighted by molar-refractivity contribution is 0.568. The molecule has 3 heterocycles. The molecule has 0 bridgehead atoms. The average Bonchev–Trinajstić information content (AvgIpc) is 3.18. The molecule has 0 saturated heterocycles. The number of nitrogens with one attached hydrogen (secondary N) is 1. The number of aromatic nitrogens is 2. The van der Waals surface area contributed by atoms with Gasteiger partial charge in [0.2, 0.25) is 0 Å². The van der Waals surface area contributed by atoms with E-state index in [4.69, 9.17) is 4.42 Å². The largest absolute Gasteiger partial charge is 0.472 e. The van der Waals surface area contributed by atoms with E-state index in [-0.39, 0.29) is 0 Å². The second kappa shape index (κ2) is 4.10. The Labute approximate surface area is 113 Å². The van der Waals surface area contributed by atoms with Crippen molar-refractivity contribution in [1.29, 1.82) is 0 Å². The Balaban J connectivity index is 1.85. The van der Waals surface area contributed by atoms with E-state index in [1.165, 1.54) is 5.39 Å². The minimum atomic E-state index is 0.981. The van der Waals surface area contributed by atoms with Gasteiger partial charge in [-0.1, -0.05) is 18.2 Å². The highest BCUT2D eigenvalue weighted by Gasteiger charge is 2.11. The molecular formula is C15H10N2OS. The summed E-state index contributed by atoms with van der Waals surface area (Å²) in [6.07, 6.45) is 5.40. The van der Waals surface area contributed by atoms with Gasteiger partial charge in [-0.3, -0.25) is 0 Å². The Bertz CT molecular complexity index is 827. The standard InChI is InChI=1S/C15H10N2OS/c1-2-4-13-11(3-1)12(7-16-13)14-9-19-15(17-14)10-5-6-18-8-10/h1-9,16H. The number of benzene rings is 1. The van der Waals surface area contributed by atoms with Crippen LogP contribution in [0, 0.1) is 0 Å². The lowest BCUT2D eigenvalue weighted by Gasteiger charge is -1.93. The zero-order valence-electron chi connectivity index (χ0n) is 9.96. The molecule has 0 unspecified atom stereocenters. The van der Waals surface area contributed by atoms with Gasteiger partial charge in [-0.2, -0.15) is 0 Å². The maximum Gasteiger partial charge on any atom is 0.127 e. The summed E-state index contributed by atoms with van der Waals surface area (Å²) >= 11 is 1.63. The van der Waals surface area contributed by atoms with Gasteiger partial charge in [-0.25, -0.2) is 4.98 Å². The van der Waals surface area contributed by atoms with Crippen LogP contribution >= 0.6 is 11.3 Å². The zero-order chi connectivity index (χ0) is 12.7. The summed E-state index contributed by atoms with van der Waals surface area (Å²) < 4.78 is 5.10. The number of furan rings is 1. The number of rotatable bonds is 2. The number of thiazole rings is 1. The summed E-state index contributed by atoms with van der Waals surface area (Å²) in [6.45, 7) is 0. The summed E-state index contributed by atoms with van der Waals surface area (Å²) in [5, 5.41) is 4.26. The molecule has 0 atom stereocenters. The Morgan fingerprint density at radius 2 is 2.11 bits per heavy atom. The quantitative estimate of drug-likeness (QED) is 0.578. The van der Waals surface area contributed by atoms with Crippen molar-refractivity contribution in [1.82, 2.24) is 9.97 Å². The highest BCUT2D eigenvalue weighted by molar-refractivity contribution is 7.13. The average molecular weight is 266 g/mol. The fourth-order valence-corrected chi connectivity index (χ4v) is 3.01. The van der Waals surface area contributed by atoms with E-state index in [9.17, 15) is 0 Å². The molecular weight excluding hydrogens is 256 g/mol. The highest BCUT2D eigenvalue weighted by Crippen LogP contribution is 2.32.